The minimum atomic E-state index is -0.319. The highest BCUT2D eigenvalue weighted by Crippen LogP contribution is 2.30. The number of rotatable bonds is 7. The maximum atomic E-state index is 12.6. The van der Waals surface area contributed by atoms with Crippen LogP contribution in [0.4, 0.5) is 11.4 Å². The Hall–Kier alpha value is -2.84. The molecule has 0 radical (unpaired) electrons. The summed E-state index contributed by atoms with van der Waals surface area (Å²) in [5.74, 6) is 0.580. The molecule has 9 heteroatoms. The number of thiocarbonyl (C=S) groups is 1. The van der Waals surface area contributed by atoms with Crippen molar-refractivity contribution in [2.24, 2.45) is 0 Å². The second-order valence-corrected chi connectivity index (χ2v) is 9.22. The van der Waals surface area contributed by atoms with Crippen molar-refractivity contribution in [1.82, 2.24) is 10.2 Å². The summed E-state index contributed by atoms with van der Waals surface area (Å²) in [6.07, 6.45) is 1.49. The van der Waals surface area contributed by atoms with Crippen LogP contribution in [-0.2, 0) is 4.79 Å². The number of carbonyl (C=O) groups is 2. The average molecular weight is 503 g/mol. The predicted molar refractivity (Wildman–Crippen MR) is 141 cm³/mol. The lowest BCUT2D eigenvalue weighted by Gasteiger charge is -2.37. The van der Waals surface area contributed by atoms with Crippen molar-refractivity contribution in [3.8, 4) is 5.75 Å². The second-order valence-electron chi connectivity index (χ2n) is 8.38. The van der Waals surface area contributed by atoms with E-state index >= 15 is 0 Å². The molecule has 2 aromatic carbocycles. The first-order chi connectivity index (χ1) is 16.3. The van der Waals surface area contributed by atoms with E-state index in [2.05, 4.69) is 15.5 Å². The first-order valence-electron chi connectivity index (χ1n) is 11.5. The lowest BCUT2D eigenvalue weighted by Crippen LogP contribution is -2.49. The fourth-order valence-electron chi connectivity index (χ4n) is 3.74. The standard InChI is InChI=1S/C25H31ClN4O3S/c1-4-5-23(31)30-14-12-29(13-15-30)22-11-8-19(26)16-21(22)27-25(34)28-24(32)18-6-9-20(10-7-18)33-17(2)3/h6-11,16-17H,4-5,12-15H2,1-3H3,(H2,27,28,32,34). The molecule has 0 atom stereocenters. The first-order valence-corrected chi connectivity index (χ1v) is 12.3. The van der Waals surface area contributed by atoms with Crippen molar-refractivity contribution < 1.29 is 14.3 Å². The maximum absolute atomic E-state index is 12.6. The minimum Gasteiger partial charge on any atom is -0.491 e. The third-order valence-corrected chi connectivity index (χ3v) is 5.80. The Morgan fingerprint density at radius 3 is 2.38 bits per heavy atom. The molecule has 1 saturated heterocycles. The van der Waals surface area contributed by atoms with Crippen LogP contribution in [0, 0.1) is 0 Å². The van der Waals surface area contributed by atoms with E-state index in [9.17, 15) is 9.59 Å². The third kappa shape index (κ3) is 7.08. The van der Waals surface area contributed by atoms with Gasteiger partial charge in [0.15, 0.2) is 5.11 Å². The molecule has 0 spiro atoms. The summed E-state index contributed by atoms with van der Waals surface area (Å²) in [7, 11) is 0. The van der Waals surface area contributed by atoms with Crippen LogP contribution in [0.3, 0.4) is 0 Å². The Balaban J connectivity index is 1.63. The number of nitrogens with one attached hydrogen (secondary N) is 2. The number of carbonyl (C=O) groups excluding carboxylic acids is 2. The molecule has 0 unspecified atom stereocenters. The zero-order chi connectivity index (χ0) is 24.7. The number of ether oxygens (including phenoxy) is 1. The zero-order valence-electron chi connectivity index (χ0n) is 19.8. The molecule has 34 heavy (non-hydrogen) atoms. The van der Waals surface area contributed by atoms with Gasteiger partial charge in [-0.3, -0.25) is 14.9 Å². The van der Waals surface area contributed by atoms with E-state index in [-0.39, 0.29) is 23.0 Å². The van der Waals surface area contributed by atoms with Gasteiger partial charge in [0.05, 0.1) is 17.5 Å². The maximum Gasteiger partial charge on any atom is 0.257 e. The van der Waals surface area contributed by atoms with Crippen molar-refractivity contribution in [3.63, 3.8) is 0 Å². The van der Waals surface area contributed by atoms with E-state index in [1.165, 1.54) is 0 Å². The van der Waals surface area contributed by atoms with Gasteiger partial charge in [0.25, 0.3) is 5.91 Å². The lowest BCUT2D eigenvalue weighted by molar-refractivity contribution is -0.131. The number of hydrogen-bond acceptors (Lipinski definition) is 5. The normalized spacial score (nSPS) is 13.6. The van der Waals surface area contributed by atoms with Crippen LogP contribution in [0.2, 0.25) is 5.02 Å². The molecule has 2 amide bonds. The Morgan fingerprint density at radius 2 is 1.76 bits per heavy atom. The van der Waals surface area contributed by atoms with Gasteiger partial charge in [-0.1, -0.05) is 18.5 Å². The van der Waals surface area contributed by atoms with Crippen molar-refractivity contribution in [2.45, 2.75) is 39.7 Å². The van der Waals surface area contributed by atoms with Gasteiger partial charge in [-0.05, 0) is 75.0 Å². The van der Waals surface area contributed by atoms with E-state index in [1.54, 1.807) is 30.3 Å². The van der Waals surface area contributed by atoms with E-state index in [1.807, 2.05) is 37.8 Å². The van der Waals surface area contributed by atoms with Gasteiger partial charge in [-0.25, -0.2) is 0 Å². The number of hydrogen-bond donors (Lipinski definition) is 2. The summed E-state index contributed by atoms with van der Waals surface area (Å²) < 4.78 is 5.61. The number of benzene rings is 2. The fourth-order valence-corrected chi connectivity index (χ4v) is 4.11. The highest BCUT2D eigenvalue weighted by molar-refractivity contribution is 7.80. The Bertz CT molecular complexity index is 1020. The molecule has 7 nitrogen and oxygen atoms in total. The Morgan fingerprint density at radius 1 is 1.09 bits per heavy atom. The summed E-state index contributed by atoms with van der Waals surface area (Å²) in [6.45, 7) is 8.64. The van der Waals surface area contributed by atoms with Crippen molar-refractivity contribution >= 4 is 52.1 Å². The first kappa shape index (κ1) is 25.8. The molecule has 0 aliphatic carbocycles. The summed E-state index contributed by atoms with van der Waals surface area (Å²) >= 11 is 11.6. The van der Waals surface area contributed by atoms with Gasteiger partial charge in [0.1, 0.15) is 5.75 Å². The number of amides is 2. The number of nitrogens with zero attached hydrogens (tertiary/aromatic N) is 2. The summed E-state index contributed by atoms with van der Waals surface area (Å²) in [5.41, 5.74) is 2.09. The van der Waals surface area contributed by atoms with E-state index < -0.39 is 0 Å². The smallest absolute Gasteiger partial charge is 0.257 e. The number of halogens is 1. The largest absolute Gasteiger partial charge is 0.491 e. The summed E-state index contributed by atoms with van der Waals surface area (Å²) in [4.78, 5) is 28.9. The van der Waals surface area contributed by atoms with Crippen molar-refractivity contribution in [2.75, 3.05) is 36.4 Å². The monoisotopic (exact) mass is 502 g/mol. The minimum absolute atomic E-state index is 0.0585. The quantitative estimate of drug-likeness (QED) is 0.534. The number of piperazine rings is 1. The van der Waals surface area contributed by atoms with E-state index in [0.717, 1.165) is 12.1 Å². The summed E-state index contributed by atoms with van der Waals surface area (Å²) in [6, 6.07) is 12.4. The van der Waals surface area contributed by atoms with Crippen molar-refractivity contribution in [3.05, 3.63) is 53.1 Å². The molecule has 182 valence electrons. The SMILES string of the molecule is CCCC(=O)N1CCN(c2ccc(Cl)cc2NC(=S)NC(=O)c2ccc(OC(C)C)cc2)CC1. The van der Waals surface area contributed by atoms with Gasteiger partial charge in [-0.15, -0.1) is 0 Å². The average Bonchev–Trinajstić information content (AvgIpc) is 2.79. The van der Waals surface area contributed by atoms with Gasteiger partial charge in [-0.2, -0.15) is 0 Å². The molecular formula is C25H31ClN4O3S. The topological polar surface area (TPSA) is 73.9 Å². The molecule has 0 aromatic heterocycles. The lowest BCUT2D eigenvalue weighted by atomic mass is 10.2. The molecule has 2 N–H and O–H groups in total. The van der Waals surface area contributed by atoms with E-state index in [0.29, 0.717) is 54.6 Å². The van der Waals surface area contributed by atoms with Crippen LogP contribution in [0.5, 0.6) is 5.75 Å². The second kappa shape index (κ2) is 12.0. The highest BCUT2D eigenvalue weighted by atomic mass is 35.5. The van der Waals surface area contributed by atoms with E-state index in [4.69, 9.17) is 28.6 Å². The van der Waals surface area contributed by atoms with Crippen LogP contribution in [-0.4, -0.2) is 54.1 Å². The van der Waals surface area contributed by atoms with Crippen LogP contribution >= 0.6 is 23.8 Å². The molecule has 1 aliphatic heterocycles. The molecule has 1 aliphatic rings. The van der Waals surface area contributed by atoms with Gasteiger partial charge >= 0.3 is 0 Å². The number of anilines is 2. The van der Waals surface area contributed by atoms with Gasteiger partial charge < -0.3 is 19.9 Å². The van der Waals surface area contributed by atoms with Crippen LogP contribution in [0.15, 0.2) is 42.5 Å². The van der Waals surface area contributed by atoms with Crippen LogP contribution in [0.1, 0.15) is 44.0 Å². The predicted octanol–water partition coefficient (Wildman–Crippen LogP) is 4.70. The summed E-state index contributed by atoms with van der Waals surface area (Å²) in [5, 5.41) is 6.55. The molecule has 1 fully saturated rings. The molecule has 2 aromatic rings. The zero-order valence-corrected chi connectivity index (χ0v) is 21.3. The van der Waals surface area contributed by atoms with Gasteiger partial charge in [0.2, 0.25) is 5.91 Å². The fraction of sp³-hybridized carbons (Fsp3) is 0.400. The molecular weight excluding hydrogens is 472 g/mol. The van der Waals surface area contributed by atoms with Crippen molar-refractivity contribution in [1.29, 1.82) is 0 Å². The molecule has 0 saturated carbocycles. The van der Waals surface area contributed by atoms with Crippen LogP contribution in [0.25, 0.3) is 0 Å². The molecule has 1 heterocycles. The van der Waals surface area contributed by atoms with Gasteiger partial charge in [0, 0.05) is 43.2 Å². The Labute approximate surface area is 211 Å². The highest BCUT2D eigenvalue weighted by Gasteiger charge is 2.22. The third-order valence-electron chi connectivity index (χ3n) is 5.36. The molecule has 3 rings (SSSR count). The van der Waals surface area contributed by atoms with Crippen LogP contribution < -0.4 is 20.3 Å². The molecule has 0 bridgehead atoms. The Kier molecular flexibility index (Phi) is 9.12.